The number of alkyl halides is 3. The Hall–Kier alpha value is -2.13. The number of nitrogens with one attached hydrogen (secondary N) is 2. The zero-order valence-corrected chi connectivity index (χ0v) is 13.4. The molecule has 1 aliphatic rings. The number of hydrogen-bond donors (Lipinski definition) is 2. The summed E-state index contributed by atoms with van der Waals surface area (Å²) in [5, 5.41) is 4.92. The Morgan fingerprint density at radius 1 is 1.24 bits per heavy atom. The van der Waals surface area contributed by atoms with Crippen molar-refractivity contribution in [2.45, 2.75) is 25.1 Å². The summed E-state index contributed by atoms with van der Waals surface area (Å²) in [6.07, 6.45) is -2.63. The van der Waals surface area contributed by atoms with E-state index in [0.29, 0.717) is 13.2 Å². The smallest absolute Gasteiger partial charge is 0.376 e. The summed E-state index contributed by atoms with van der Waals surface area (Å²) in [5.74, 6) is -1.03. The van der Waals surface area contributed by atoms with Crippen LogP contribution in [0, 0.1) is 0 Å². The van der Waals surface area contributed by atoms with Crippen LogP contribution in [0.15, 0.2) is 24.3 Å². The largest absolute Gasteiger partial charge is 0.416 e. The predicted octanol–water partition coefficient (Wildman–Crippen LogP) is 1.96. The number of anilines is 1. The van der Waals surface area contributed by atoms with E-state index in [1.165, 1.54) is 12.1 Å². The van der Waals surface area contributed by atoms with Crippen LogP contribution < -0.4 is 10.6 Å². The number of ether oxygens (including phenoxy) is 2. The second-order valence-corrected chi connectivity index (χ2v) is 5.56. The molecule has 2 rings (SSSR count). The van der Waals surface area contributed by atoms with E-state index in [2.05, 4.69) is 10.6 Å². The molecule has 1 fully saturated rings. The van der Waals surface area contributed by atoms with Crippen molar-refractivity contribution >= 4 is 17.5 Å². The molecule has 2 amide bonds. The predicted molar refractivity (Wildman–Crippen MR) is 82.9 cm³/mol. The normalized spacial score (nSPS) is 17.3. The van der Waals surface area contributed by atoms with Gasteiger partial charge in [0.1, 0.15) is 13.2 Å². The Labute approximate surface area is 142 Å². The van der Waals surface area contributed by atoms with Crippen LogP contribution in [0.3, 0.4) is 0 Å². The minimum atomic E-state index is -4.49. The molecule has 2 N–H and O–H groups in total. The van der Waals surface area contributed by atoms with E-state index in [4.69, 9.17) is 9.47 Å². The van der Waals surface area contributed by atoms with Crippen molar-refractivity contribution in [1.29, 1.82) is 0 Å². The van der Waals surface area contributed by atoms with Gasteiger partial charge in [-0.1, -0.05) is 6.07 Å². The van der Waals surface area contributed by atoms with E-state index in [-0.39, 0.29) is 24.3 Å². The Morgan fingerprint density at radius 2 is 2.00 bits per heavy atom. The molecule has 138 valence electrons. The first-order valence-electron chi connectivity index (χ1n) is 7.78. The number of carbonyl (C=O) groups excluding carboxylic acids is 2. The lowest BCUT2D eigenvalue weighted by Gasteiger charge is -2.11. The molecule has 1 aromatic carbocycles. The maximum Gasteiger partial charge on any atom is 0.416 e. The van der Waals surface area contributed by atoms with Crippen LogP contribution in [0.2, 0.25) is 0 Å². The molecule has 1 saturated heterocycles. The highest BCUT2D eigenvalue weighted by molar-refractivity contribution is 5.92. The van der Waals surface area contributed by atoms with Crippen molar-refractivity contribution in [3.63, 3.8) is 0 Å². The molecule has 0 radical (unpaired) electrons. The highest BCUT2D eigenvalue weighted by Crippen LogP contribution is 2.30. The lowest BCUT2D eigenvalue weighted by Crippen LogP contribution is -2.35. The van der Waals surface area contributed by atoms with Crippen LogP contribution in [-0.4, -0.2) is 44.3 Å². The van der Waals surface area contributed by atoms with E-state index < -0.39 is 24.3 Å². The first-order valence-corrected chi connectivity index (χ1v) is 7.78. The van der Waals surface area contributed by atoms with Crippen LogP contribution in [-0.2, 0) is 25.2 Å². The van der Waals surface area contributed by atoms with Crippen molar-refractivity contribution in [2.75, 3.05) is 31.7 Å². The van der Waals surface area contributed by atoms with Gasteiger partial charge in [-0.3, -0.25) is 9.59 Å². The average molecular weight is 360 g/mol. The summed E-state index contributed by atoms with van der Waals surface area (Å²) in [5.41, 5.74) is -0.856. The van der Waals surface area contributed by atoms with Crippen LogP contribution in [0.4, 0.5) is 18.9 Å². The van der Waals surface area contributed by atoms with Crippen LogP contribution >= 0.6 is 0 Å². The second-order valence-electron chi connectivity index (χ2n) is 5.56. The zero-order valence-electron chi connectivity index (χ0n) is 13.4. The molecule has 0 saturated carbocycles. The lowest BCUT2D eigenvalue weighted by molar-refractivity contribution is -0.137. The van der Waals surface area contributed by atoms with Crippen LogP contribution in [0.5, 0.6) is 0 Å². The van der Waals surface area contributed by atoms with Crippen molar-refractivity contribution < 1.29 is 32.2 Å². The average Bonchev–Trinajstić information content (AvgIpc) is 3.06. The monoisotopic (exact) mass is 360 g/mol. The molecule has 0 bridgehead atoms. The first kappa shape index (κ1) is 19.2. The van der Waals surface area contributed by atoms with Gasteiger partial charge in [0.15, 0.2) is 0 Å². The standard InChI is InChI=1S/C16H19F3N2O4/c17-16(18,19)11-3-1-4-12(7-11)21-15(23)10-24-9-14(22)20-8-13-5-2-6-25-13/h1,3-4,7,13H,2,5-6,8-10H2,(H,20,22)(H,21,23). The molecule has 1 aliphatic heterocycles. The maximum atomic E-state index is 12.6. The van der Waals surface area contributed by atoms with E-state index in [9.17, 15) is 22.8 Å². The minimum absolute atomic E-state index is 0.00580. The van der Waals surface area contributed by atoms with Crippen molar-refractivity contribution in [2.24, 2.45) is 0 Å². The molecule has 9 heteroatoms. The Bertz CT molecular complexity index is 601. The lowest BCUT2D eigenvalue weighted by atomic mass is 10.2. The topological polar surface area (TPSA) is 76.7 Å². The summed E-state index contributed by atoms with van der Waals surface area (Å²) in [6, 6.07) is 4.26. The van der Waals surface area contributed by atoms with Gasteiger partial charge in [0, 0.05) is 18.8 Å². The number of halogens is 3. The van der Waals surface area contributed by atoms with Crippen molar-refractivity contribution in [3.05, 3.63) is 29.8 Å². The number of hydrogen-bond acceptors (Lipinski definition) is 4. The summed E-state index contributed by atoms with van der Waals surface area (Å²) in [6.45, 7) is 0.317. The van der Waals surface area contributed by atoms with Crippen molar-refractivity contribution in [1.82, 2.24) is 5.32 Å². The summed E-state index contributed by atoms with van der Waals surface area (Å²) in [4.78, 5) is 23.2. The SMILES string of the molecule is O=C(COCC(=O)Nc1cccc(C(F)(F)F)c1)NCC1CCCO1. The molecular formula is C16H19F3N2O4. The van der Waals surface area contributed by atoms with Crippen LogP contribution in [0.25, 0.3) is 0 Å². The van der Waals surface area contributed by atoms with Gasteiger partial charge in [-0.05, 0) is 31.0 Å². The Kier molecular flexibility index (Phi) is 6.77. The van der Waals surface area contributed by atoms with Gasteiger partial charge >= 0.3 is 6.18 Å². The Morgan fingerprint density at radius 3 is 2.68 bits per heavy atom. The third-order valence-electron chi connectivity index (χ3n) is 3.49. The fraction of sp³-hybridized carbons (Fsp3) is 0.500. The van der Waals surface area contributed by atoms with Crippen LogP contribution in [0.1, 0.15) is 18.4 Å². The summed E-state index contributed by atoms with van der Waals surface area (Å²) in [7, 11) is 0. The molecule has 0 spiro atoms. The first-order chi connectivity index (χ1) is 11.8. The van der Waals surface area contributed by atoms with E-state index in [1.807, 2.05) is 0 Å². The van der Waals surface area contributed by atoms with E-state index >= 15 is 0 Å². The van der Waals surface area contributed by atoms with Gasteiger partial charge in [-0.2, -0.15) is 13.2 Å². The molecule has 6 nitrogen and oxygen atoms in total. The number of rotatable bonds is 7. The molecule has 1 atom stereocenters. The fourth-order valence-corrected chi connectivity index (χ4v) is 2.29. The third kappa shape index (κ3) is 6.71. The molecule has 0 aromatic heterocycles. The van der Waals surface area contributed by atoms with E-state index in [1.54, 1.807) is 0 Å². The zero-order chi connectivity index (χ0) is 18.3. The van der Waals surface area contributed by atoms with E-state index in [0.717, 1.165) is 25.0 Å². The van der Waals surface area contributed by atoms with Gasteiger partial charge in [0.05, 0.1) is 11.7 Å². The number of amides is 2. The highest BCUT2D eigenvalue weighted by atomic mass is 19.4. The quantitative estimate of drug-likeness (QED) is 0.779. The molecule has 1 aromatic rings. The highest BCUT2D eigenvalue weighted by Gasteiger charge is 2.30. The summed E-state index contributed by atoms with van der Waals surface area (Å²) >= 11 is 0. The number of carbonyl (C=O) groups is 2. The maximum absolute atomic E-state index is 12.6. The summed E-state index contributed by atoms with van der Waals surface area (Å²) < 4.78 is 48.1. The number of benzene rings is 1. The minimum Gasteiger partial charge on any atom is -0.376 e. The third-order valence-corrected chi connectivity index (χ3v) is 3.49. The second kappa shape index (κ2) is 8.82. The fourth-order valence-electron chi connectivity index (χ4n) is 2.29. The van der Waals surface area contributed by atoms with Gasteiger partial charge in [0.2, 0.25) is 11.8 Å². The van der Waals surface area contributed by atoms with Gasteiger partial charge in [-0.25, -0.2) is 0 Å². The molecule has 25 heavy (non-hydrogen) atoms. The van der Waals surface area contributed by atoms with Crippen molar-refractivity contribution in [3.8, 4) is 0 Å². The van der Waals surface area contributed by atoms with Gasteiger partial charge < -0.3 is 20.1 Å². The van der Waals surface area contributed by atoms with Gasteiger partial charge in [-0.15, -0.1) is 0 Å². The molecule has 1 heterocycles. The molecule has 1 unspecified atom stereocenters. The van der Waals surface area contributed by atoms with Gasteiger partial charge in [0.25, 0.3) is 0 Å². The molecule has 0 aliphatic carbocycles. The molecular weight excluding hydrogens is 341 g/mol. The Balaban J connectivity index is 1.67.